The number of nitrogens with zero attached hydrogens (tertiary/aromatic N) is 3. The number of rotatable bonds is 3. The maximum absolute atomic E-state index is 12.2. The molecule has 5 nitrogen and oxygen atoms in total. The van der Waals surface area contributed by atoms with Crippen molar-refractivity contribution in [1.82, 2.24) is 9.91 Å². The second-order valence-electron chi connectivity index (χ2n) is 5.36. The van der Waals surface area contributed by atoms with Crippen molar-refractivity contribution >= 4 is 11.6 Å². The summed E-state index contributed by atoms with van der Waals surface area (Å²) in [7, 11) is 0. The molecule has 0 bridgehead atoms. The Balaban J connectivity index is 1.61. The Bertz CT molecular complexity index is 515. The quantitative estimate of drug-likeness (QED) is 0.881. The van der Waals surface area contributed by atoms with Crippen LogP contribution in [0.1, 0.15) is 18.4 Å². The first-order valence-electron chi connectivity index (χ1n) is 7.06. The van der Waals surface area contributed by atoms with E-state index < -0.39 is 0 Å². The molecule has 0 aliphatic carbocycles. The van der Waals surface area contributed by atoms with Crippen LogP contribution in [0, 0.1) is 0 Å². The van der Waals surface area contributed by atoms with Crippen LogP contribution in [0.15, 0.2) is 35.4 Å². The normalized spacial score (nSPS) is 23.1. The Labute approximate surface area is 118 Å². The van der Waals surface area contributed by atoms with E-state index in [9.17, 15) is 9.90 Å². The van der Waals surface area contributed by atoms with Crippen molar-refractivity contribution < 1.29 is 9.90 Å². The van der Waals surface area contributed by atoms with E-state index in [1.165, 1.54) is 0 Å². The lowest BCUT2D eigenvalue weighted by molar-refractivity contribution is -0.131. The Morgan fingerprint density at radius 3 is 2.80 bits per heavy atom. The molecule has 2 aliphatic heterocycles. The van der Waals surface area contributed by atoms with E-state index in [1.807, 2.05) is 35.2 Å². The molecule has 5 heteroatoms. The number of amides is 1. The van der Waals surface area contributed by atoms with Crippen LogP contribution in [0.2, 0.25) is 0 Å². The lowest BCUT2D eigenvalue weighted by atomic mass is 10.1. The van der Waals surface area contributed by atoms with Gasteiger partial charge in [0.15, 0.2) is 0 Å². The molecule has 106 valence electrons. The number of hydrazone groups is 1. The van der Waals surface area contributed by atoms with Crippen LogP contribution in [0.5, 0.6) is 0 Å². The second-order valence-corrected chi connectivity index (χ2v) is 5.36. The van der Waals surface area contributed by atoms with Gasteiger partial charge in [0.2, 0.25) is 0 Å². The maximum Gasteiger partial charge on any atom is 0.256 e. The molecule has 0 radical (unpaired) electrons. The first kappa shape index (κ1) is 13.3. The number of β-amino-alcohol motifs (C(OH)–C–C–N with tert-alkyl or cyclic N) is 1. The summed E-state index contributed by atoms with van der Waals surface area (Å²) in [6.45, 7) is 2.38. The number of aliphatic hydroxyl groups is 1. The van der Waals surface area contributed by atoms with E-state index in [0.717, 1.165) is 30.7 Å². The van der Waals surface area contributed by atoms with Crippen LogP contribution in [0.3, 0.4) is 0 Å². The number of hydrogen-bond donors (Lipinski definition) is 1. The summed E-state index contributed by atoms with van der Waals surface area (Å²) in [5.74, 6) is 0.0185. The summed E-state index contributed by atoms with van der Waals surface area (Å²) in [5.41, 5.74) is 2.06. The molecule has 1 amide bonds. The highest BCUT2D eigenvalue weighted by atomic mass is 16.3. The average Bonchev–Trinajstić information content (AvgIpc) is 3.09. The minimum absolute atomic E-state index is 0.0185. The van der Waals surface area contributed by atoms with Crippen LogP contribution in [0.25, 0.3) is 0 Å². The summed E-state index contributed by atoms with van der Waals surface area (Å²) < 4.78 is 0. The van der Waals surface area contributed by atoms with Gasteiger partial charge >= 0.3 is 0 Å². The first-order chi connectivity index (χ1) is 9.72. The van der Waals surface area contributed by atoms with Gasteiger partial charge in [-0.2, -0.15) is 5.10 Å². The van der Waals surface area contributed by atoms with E-state index in [1.54, 1.807) is 5.01 Å². The molecule has 2 heterocycles. The molecular weight excluding hydrogens is 254 g/mol. The van der Waals surface area contributed by atoms with Crippen LogP contribution in [-0.2, 0) is 4.79 Å². The van der Waals surface area contributed by atoms with Gasteiger partial charge in [0.25, 0.3) is 5.91 Å². The third-order valence-corrected chi connectivity index (χ3v) is 3.80. The van der Waals surface area contributed by atoms with Crippen LogP contribution in [0.4, 0.5) is 0 Å². The molecule has 0 aromatic heterocycles. The molecule has 0 saturated carbocycles. The number of likely N-dealkylation sites (tertiary alicyclic amines) is 1. The lowest BCUT2D eigenvalue weighted by Gasteiger charge is -2.17. The Kier molecular flexibility index (Phi) is 3.80. The van der Waals surface area contributed by atoms with Crippen LogP contribution < -0.4 is 0 Å². The van der Waals surface area contributed by atoms with Crippen molar-refractivity contribution in [1.29, 1.82) is 0 Å². The van der Waals surface area contributed by atoms with E-state index in [-0.39, 0.29) is 12.0 Å². The summed E-state index contributed by atoms with van der Waals surface area (Å²) in [6.07, 6.45) is 1.27. The molecule has 2 aliphatic rings. The zero-order valence-corrected chi connectivity index (χ0v) is 11.4. The number of benzene rings is 1. The van der Waals surface area contributed by atoms with E-state index in [2.05, 4.69) is 5.10 Å². The lowest BCUT2D eigenvalue weighted by Crippen LogP contribution is -2.36. The Morgan fingerprint density at radius 1 is 1.30 bits per heavy atom. The van der Waals surface area contributed by atoms with E-state index in [0.29, 0.717) is 19.6 Å². The highest BCUT2D eigenvalue weighted by Crippen LogP contribution is 2.15. The number of carbonyl (C=O) groups is 1. The standard InChI is InChI=1S/C15H19N3O2/c19-13-6-8-17(10-13)11-15(20)18-9-7-14(16-18)12-4-2-1-3-5-12/h1-5,13,19H,6-11H2/t13-/m1/s1. The second kappa shape index (κ2) is 5.73. The van der Waals surface area contributed by atoms with Crippen molar-refractivity contribution in [3.05, 3.63) is 35.9 Å². The van der Waals surface area contributed by atoms with Crippen molar-refractivity contribution in [2.24, 2.45) is 5.10 Å². The molecule has 1 atom stereocenters. The summed E-state index contributed by atoms with van der Waals surface area (Å²) in [6, 6.07) is 9.97. The predicted octanol–water partition coefficient (Wildman–Crippen LogP) is 0.690. The monoisotopic (exact) mass is 273 g/mol. The number of carbonyl (C=O) groups excluding carboxylic acids is 1. The minimum Gasteiger partial charge on any atom is -0.392 e. The molecule has 0 unspecified atom stereocenters. The zero-order valence-electron chi connectivity index (χ0n) is 11.4. The fourth-order valence-electron chi connectivity index (χ4n) is 2.70. The number of hydrogen-bond acceptors (Lipinski definition) is 4. The molecule has 1 aromatic carbocycles. The molecule has 1 saturated heterocycles. The Hall–Kier alpha value is -1.72. The van der Waals surface area contributed by atoms with Gasteiger partial charge in [-0.3, -0.25) is 9.69 Å². The van der Waals surface area contributed by atoms with Gasteiger partial charge in [-0.25, -0.2) is 5.01 Å². The van der Waals surface area contributed by atoms with Gasteiger partial charge in [0, 0.05) is 19.5 Å². The molecule has 3 rings (SSSR count). The topological polar surface area (TPSA) is 56.1 Å². The zero-order chi connectivity index (χ0) is 13.9. The molecule has 1 aromatic rings. The third kappa shape index (κ3) is 2.89. The molecule has 0 spiro atoms. The van der Waals surface area contributed by atoms with Crippen molar-refractivity contribution in [2.75, 3.05) is 26.2 Å². The van der Waals surface area contributed by atoms with Crippen LogP contribution in [-0.4, -0.2) is 58.9 Å². The summed E-state index contributed by atoms with van der Waals surface area (Å²) >= 11 is 0. The number of aliphatic hydroxyl groups excluding tert-OH is 1. The largest absolute Gasteiger partial charge is 0.392 e. The fraction of sp³-hybridized carbons (Fsp3) is 0.467. The van der Waals surface area contributed by atoms with Crippen molar-refractivity contribution in [3.8, 4) is 0 Å². The van der Waals surface area contributed by atoms with Crippen molar-refractivity contribution in [2.45, 2.75) is 18.9 Å². The predicted molar refractivity (Wildman–Crippen MR) is 76.4 cm³/mol. The van der Waals surface area contributed by atoms with Gasteiger partial charge in [-0.15, -0.1) is 0 Å². The molecule has 1 fully saturated rings. The third-order valence-electron chi connectivity index (χ3n) is 3.80. The van der Waals surface area contributed by atoms with E-state index in [4.69, 9.17) is 0 Å². The van der Waals surface area contributed by atoms with Gasteiger partial charge in [0.1, 0.15) is 0 Å². The van der Waals surface area contributed by atoms with E-state index >= 15 is 0 Å². The van der Waals surface area contributed by atoms with Gasteiger partial charge in [0.05, 0.1) is 24.9 Å². The SMILES string of the molecule is O=C(CN1CC[C@@H](O)C1)N1CCC(c2ccccc2)=N1. The Morgan fingerprint density at radius 2 is 2.10 bits per heavy atom. The fourth-order valence-corrected chi connectivity index (χ4v) is 2.70. The van der Waals surface area contributed by atoms with Gasteiger partial charge < -0.3 is 5.11 Å². The average molecular weight is 273 g/mol. The smallest absolute Gasteiger partial charge is 0.256 e. The highest BCUT2D eigenvalue weighted by Gasteiger charge is 2.26. The molecular formula is C15H19N3O2. The molecule has 20 heavy (non-hydrogen) atoms. The first-order valence-corrected chi connectivity index (χ1v) is 7.06. The minimum atomic E-state index is -0.287. The summed E-state index contributed by atoms with van der Waals surface area (Å²) in [5, 5.41) is 15.5. The highest BCUT2D eigenvalue weighted by molar-refractivity contribution is 6.02. The molecule has 1 N–H and O–H groups in total. The van der Waals surface area contributed by atoms with Gasteiger partial charge in [-0.1, -0.05) is 30.3 Å². The van der Waals surface area contributed by atoms with Gasteiger partial charge in [-0.05, 0) is 12.0 Å². The van der Waals surface area contributed by atoms with Crippen LogP contribution >= 0.6 is 0 Å². The van der Waals surface area contributed by atoms with Crippen molar-refractivity contribution in [3.63, 3.8) is 0 Å². The maximum atomic E-state index is 12.2. The summed E-state index contributed by atoms with van der Waals surface area (Å²) in [4.78, 5) is 14.2.